The standard InChI is InChI=1S/C13H14N2O4/c1-14-13-5-4-11(15(16)17)7-10(13)8-18-9-12-3-2-6-19-12/h2-7,14H,8-9H2,1H3. The van der Waals surface area contributed by atoms with Crippen molar-refractivity contribution < 1.29 is 14.1 Å². The molecule has 0 radical (unpaired) electrons. The fourth-order valence-corrected chi connectivity index (χ4v) is 1.71. The van der Waals surface area contributed by atoms with E-state index in [-0.39, 0.29) is 12.3 Å². The van der Waals surface area contributed by atoms with Crippen molar-refractivity contribution >= 4 is 11.4 Å². The lowest BCUT2D eigenvalue weighted by molar-refractivity contribution is -0.384. The van der Waals surface area contributed by atoms with Gasteiger partial charge < -0.3 is 14.5 Å². The van der Waals surface area contributed by atoms with E-state index in [1.807, 2.05) is 6.07 Å². The normalized spacial score (nSPS) is 10.4. The molecule has 1 heterocycles. The third-order valence-electron chi connectivity index (χ3n) is 2.65. The number of hydrogen-bond donors (Lipinski definition) is 1. The predicted molar refractivity (Wildman–Crippen MR) is 69.8 cm³/mol. The number of furan rings is 1. The summed E-state index contributed by atoms with van der Waals surface area (Å²) in [4.78, 5) is 10.3. The Hall–Kier alpha value is -2.34. The number of nitrogens with zero attached hydrogens (tertiary/aromatic N) is 1. The van der Waals surface area contributed by atoms with Gasteiger partial charge in [-0.15, -0.1) is 0 Å². The molecule has 2 rings (SSSR count). The van der Waals surface area contributed by atoms with E-state index in [0.29, 0.717) is 6.61 Å². The highest BCUT2D eigenvalue weighted by Gasteiger charge is 2.10. The predicted octanol–water partition coefficient (Wildman–Crippen LogP) is 2.95. The molecule has 0 saturated carbocycles. The molecule has 1 aromatic carbocycles. The molecule has 100 valence electrons. The van der Waals surface area contributed by atoms with E-state index in [2.05, 4.69) is 5.32 Å². The summed E-state index contributed by atoms with van der Waals surface area (Å²) in [6.45, 7) is 0.609. The van der Waals surface area contributed by atoms with Crippen molar-refractivity contribution in [3.8, 4) is 0 Å². The van der Waals surface area contributed by atoms with Crippen LogP contribution in [0.3, 0.4) is 0 Å². The fourth-order valence-electron chi connectivity index (χ4n) is 1.71. The van der Waals surface area contributed by atoms with E-state index in [1.54, 1.807) is 25.4 Å². The highest BCUT2D eigenvalue weighted by molar-refractivity contribution is 5.55. The first kappa shape index (κ1) is 13.1. The Balaban J connectivity index is 2.04. The summed E-state index contributed by atoms with van der Waals surface area (Å²) in [5.41, 5.74) is 1.60. The van der Waals surface area contributed by atoms with Crippen molar-refractivity contribution in [1.29, 1.82) is 0 Å². The van der Waals surface area contributed by atoms with Crippen molar-refractivity contribution in [2.24, 2.45) is 0 Å². The van der Waals surface area contributed by atoms with E-state index in [9.17, 15) is 10.1 Å². The monoisotopic (exact) mass is 262 g/mol. The van der Waals surface area contributed by atoms with Gasteiger partial charge in [0.1, 0.15) is 12.4 Å². The number of nitrogens with one attached hydrogen (secondary N) is 1. The van der Waals surface area contributed by atoms with Crippen LogP contribution in [0.5, 0.6) is 0 Å². The minimum absolute atomic E-state index is 0.0515. The van der Waals surface area contributed by atoms with Gasteiger partial charge in [-0.3, -0.25) is 10.1 Å². The third-order valence-corrected chi connectivity index (χ3v) is 2.65. The second-order valence-electron chi connectivity index (χ2n) is 3.92. The molecule has 6 heteroatoms. The highest BCUT2D eigenvalue weighted by Crippen LogP contribution is 2.22. The molecule has 6 nitrogen and oxygen atoms in total. The number of hydrogen-bond acceptors (Lipinski definition) is 5. The number of nitro groups is 1. The van der Waals surface area contributed by atoms with Gasteiger partial charge in [-0.1, -0.05) is 0 Å². The Morgan fingerprint density at radius 2 is 2.21 bits per heavy atom. The maximum absolute atomic E-state index is 10.7. The average molecular weight is 262 g/mol. The molecule has 0 atom stereocenters. The smallest absolute Gasteiger partial charge is 0.269 e. The SMILES string of the molecule is CNc1ccc([N+](=O)[O-])cc1COCc1ccco1. The van der Waals surface area contributed by atoms with Crippen molar-refractivity contribution in [1.82, 2.24) is 0 Å². The molecule has 1 aromatic heterocycles. The zero-order valence-electron chi connectivity index (χ0n) is 10.5. The van der Waals surface area contributed by atoms with Crippen molar-refractivity contribution in [2.75, 3.05) is 12.4 Å². The van der Waals surface area contributed by atoms with Crippen LogP contribution < -0.4 is 5.32 Å². The van der Waals surface area contributed by atoms with Gasteiger partial charge in [0.2, 0.25) is 0 Å². The number of ether oxygens (including phenoxy) is 1. The quantitative estimate of drug-likeness (QED) is 0.639. The molecule has 0 aliphatic heterocycles. The Kier molecular flexibility index (Phi) is 4.15. The van der Waals surface area contributed by atoms with Crippen molar-refractivity contribution in [3.63, 3.8) is 0 Å². The van der Waals surface area contributed by atoms with Gasteiger partial charge >= 0.3 is 0 Å². The van der Waals surface area contributed by atoms with Crippen LogP contribution in [0.25, 0.3) is 0 Å². The molecule has 0 aliphatic carbocycles. The molecule has 0 fully saturated rings. The molecule has 2 aromatic rings. The lowest BCUT2D eigenvalue weighted by Gasteiger charge is -2.09. The Labute approximate surface area is 110 Å². The number of benzene rings is 1. The van der Waals surface area contributed by atoms with E-state index >= 15 is 0 Å². The largest absolute Gasteiger partial charge is 0.467 e. The fraction of sp³-hybridized carbons (Fsp3) is 0.231. The molecule has 0 bridgehead atoms. The molecular formula is C13H14N2O4. The van der Waals surface area contributed by atoms with Crippen LogP contribution in [0.1, 0.15) is 11.3 Å². The summed E-state index contributed by atoms with van der Waals surface area (Å²) in [6.07, 6.45) is 1.57. The summed E-state index contributed by atoms with van der Waals surface area (Å²) in [5, 5.41) is 13.7. The lowest BCUT2D eigenvalue weighted by atomic mass is 10.1. The van der Waals surface area contributed by atoms with Crippen LogP contribution in [-0.2, 0) is 18.0 Å². The summed E-state index contributed by atoms with van der Waals surface area (Å²) in [6, 6.07) is 8.23. The summed E-state index contributed by atoms with van der Waals surface area (Å²) >= 11 is 0. The topological polar surface area (TPSA) is 77.5 Å². The summed E-state index contributed by atoms with van der Waals surface area (Å²) in [7, 11) is 1.76. The van der Waals surface area contributed by atoms with E-state index in [4.69, 9.17) is 9.15 Å². The molecule has 0 aliphatic rings. The van der Waals surface area contributed by atoms with Crippen LogP contribution in [0.2, 0.25) is 0 Å². The van der Waals surface area contributed by atoms with E-state index in [1.165, 1.54) is 12.1 Å². The third kappa shape index (κ3) is 3.32. The number of nitro benzene ring substituents is 1. The van der Waals surface area contributed by atoms with Gasteiger partial charge in [-0.25, -0.2) is 0 Å². The maximum Gasteiger partial charge on any atom is 0.269 e. The molecule has 0 amide bonds. The van der Waals surface area contributed by atoms with Crippen LogP contribution in [0, 0.1) is 10.1 Å². The lowest BCUT2D eigenvalue weighted by Crippen LogP contribution is -2.00. The zero-order valence-corrected chi connectivity index (χ0v) is 10.5. The van der Waals surface area contributed by atoms with E-state index in [0.717, 1.165) is 17.0 Å². The highest BCUT2D eigenvalue weighted by atomic mass is 16.6. The number of non-ortho nitro benzene ring substituents is 1. The van der Waals surface area contributed by atoms with Crippen LogP contribution in [0.4, 0.5) is 11.4 Å². The van der Waals surface area contributed by atoms with Gasteiger partial charge in [-0.2, -0.15) is 0 Å². The average Bonchev–Trinajstić information content (AvgIpc) is 2.91. The molecule has 0 unspecified atom stereocenters. The second kappa shape index (κ2) is 6.01. The maximum atomic E-state index is 10.7. The van der Waals surface area contributed by atoms with Crippen molar-refractivity contribution in [2.45, 2.75) is 13.2 Å². The summed E-state index contributed by atoms with van der Waals surface area (Å²) < 4.78 is 10.6. The Bertz CT molecular complexity index is 552. The molecular weight excluding hydrogens is 248 g/mol. The molecule has 0 saturated heterocycles. The van der Waals surface area contributed by atoms with Gasteiger partial charge in [0, 0.05) is 30.4 Å². The Morgan fingerprint density at radius 3 is 2.84 bits per heavy atom. The van der Waals surface area contributed by atoms with Gasteiger partial charge in [-0.05, 0) is 18.2 Å². The van der Waals surface area contributed by atoms with E-state index < -0.39 is 4.92 Å². The van der Waals surface area contributed by atoms with Crippen LogP contribution in [0.15, 0.2) is 41.0 Å². The number of rotatable bonds is 6. The van der Waals surface area contributed by atoms with Gasteiger partial charge in [0.25, 0.3) is 5.69 Å². The van der Waals surface area contributed by atoms with Crippen LogP contribution in [-0.4, -0.2) is 12.0 Å². The Morgan fingerprint density at radius 1 is 1.37 bits per heavy atom. The van der Waals surface area contributed by atoms with Crippen LogP contribution >= 0.6 is 0 Å². The molecule has 1 N–H and O–H groups in total. The van der Waals surface area contributed by atoms with Gasteiger partial charge in [0.05, 0.1) is 17.8 Å². The summed E-state index contributed by atoms with van der Waals surface area (Å²) in [5.74, 6) is 0.719. The minimum atomic E-state index is -0.421. The molecule has 19 heavy (non-hydrogen) atoms. The second-order valence-corrected chi connectivity index (χ2v) is 3.92. The first-order valence-corrected chi connectivity index (χ1v) is 5.76. The van der Waals surface area contributed by atoms with Gasteiger partial charge in [0.15, 0.2) is 0 Å². The zero-order chi connectivity index (χ0) is 13.7. The van der Waals surface area contributed by atoms with Crippen molar-refractivity contribution in [3.05, 3.63) is 58.0 Å². The molecule has 0 spiro atoms. The first-order valence-electron chi connectivity index (χ1n) is 5.76. The number of anilines is 1. The first-order chi connectivity index (χ1) is 9.20. The minimum Gasteiger partial charge on any atom is -0.467 e.